The molecule has 0 heterocycles. The smallest absolute Gasteiger partial charge is 0.243 e. The molecule has 40 heavy (non-hydrogen) atoms. The largest absolute Gasteiger partial charge is 0.490 e. The van der Waals surface area contributed by atoms with Gasteiger partial charge < -0.3 is 19.7 Å². The number of hydrogen-bond donors (Lipinski definition) is 1. The van der Waals surface area contributed by atoms with Crippen molar-refractivity contribution in [1.29, 1.82) is 0 Å². The zero-order chi connectivity index (χ0) is 28.9. The molecule has 3 rings (SSSR count). The molecular formula is C33H41FN2O4. The number of amides is 2. The zero-order valence-electron chi connectivity index (χ0n) is 24.0. The first-order chi connectivity index (χ1) is 19.4. The van der Waals surface area contributed by atoms with Gasteiger partial charge in [0.25, 0.3) is 0 Å². The highest BCUT2D eigenvalue weighted by Crippen LogP contribution is 2.29. The summed E-state index contributed by atoms with van der Waals surface area (Å²) in [5.41, 5.74) is 2.20. The Morgan fingerprint density at radius 2 is 1.55 bits per heavy atom. The molecule has 0 radical (unpaired) electrons. The van der Waals surface area contributed by atoms with Crippen molar-refractivity contribution in [3.63, 3.8) is 0 Å². The van der Waals surface area contributed by atoms with E-state index in [2.05, 4.69) is 5.32 Å². The van der Waals surface area contributed by atoms with E-state index in [1.807, 2.05) is 76.2 Å². The second kappa shape index (κ2) is 15.7. The third kappa shape index (κ3) is 8.83. The van der Waals surface area contributed by atoms with Gasteiger partial charge in [-0.1, -0.05) is 61.5 Å². The summed E-state index contributed by atoms with van der Waals surface area (Å²) in [6.07, 6.45) is 1.66. The Balaban J connectivity index is 1.91. The predicted molar refractivity (Wildman–Crippen MR) is 156 cm³/mol. The summed E-state index contributed by atoms with van der Waals surface area (Å²) in [6, 6.07) is 20.8. The van der Waals surface area contributed by atoms with Gasteiger partial charge in [0.05, 0.1) is 13.2 Å². The van der Waals surface area contributed by atoms with Gasteiger partial charge in [-0.05, 0) is 62.9 Å². The molecule has 0 unspecified atom stereocenters. The second-order valence-corrected chi connectivity index (χ2v) is 9.78. The Labute approximate surface area is 237 Å². The van der Waals surface area contributed by atoms with E-state index in [4.69, 9.17) is 9.47 Å². The topological polar surface area (TPSA) is 67.9 Å². The van der Waals surface area contributed by atoms with E-state index in [0.29, 0.717) is 43.1 Å². The van der Waals surface area contributed by atoms with Gasteiger partial charge in [-0.2, -0.15) is 0 Å². The van der Waals surface area contributed by atoms with Gasteiger partial charge in [-0.15, -0.1) is 0 Å². The molecule has 3 aromatic rings. The highest BCUT2D eigenvalue weighted by molar-refractivity contribution is 5.88. The van der Waals surface area contributed by atoms with Gasteiger partial charge in [0.1, 0.15) is 11.9 Å². The van der Waals surface area contributed by atoms with E-state index in [0.717, 1.165) is 17.5 Å². The lowest BCUT2D eigenvalue weighted by atomic mass is 10.0. The molecule has 214 valence electrons. The minimum Gasteiger partial charge on any atom is -0.490 e. The minimum atomic E-state index is -0.803. The molecule has 2 amide bonds. The SMILES string of the molecule is CCOc1ccc(CCC(=O)N(Cc2ccccc2F)[C@H](Cc2ccccc2)C(=O)N[C@H](C)CC)cc1OCC. The molecular weight excluding hydrogens is 507 g/mol. The number of carbonyl (C=O) groups excluding carboxylic acids is 2. The van der Waals surface area contributed by atoms with Crippen molar-refractivity contribution in [2.45, 2.75) is 72.0 Å². The van der Waals surface area contributed by atoms with Crippen molar-refractivity contribution in [3.05, 3.63) is 95.3 Å². The molecule has 0 aliphatic heterocycles. The maximum Gasteiger partial charge on any atom is 0.243 e. The number of nitrogens with zero attached hydrogens (tertiary/aromatic N) is 1. The van der Waals surface area contributed by atoms with E-state index in [1.165, 1.54) is 11.0 Å². The summed E-state index contributed by atoms with van der Waals surface area (Å²) in [6.45, 7) is 8.74. The quantitative estimate of drug-likeness (QED) is 0.249. The number of benzene rings is 3. The van der Waals surface area contributed by atoms with Crippen molar-refractivity contribution in [2.75, 3.05) is 13.2 Å². The molecule has 0 saturated heterocycles. The van der Waals surface area contributed by atoms with Crippen molar-refractivity contribution in [1.82, 2.24) is 10.2 Å². The van der Waals surface area contributed by atoms with Gasteiger partial charge in [0.2, 0.25) is 11.8 Å². The molecule has 0 aliphatic carbocycles. The van der Waals surface area contributed by atoms with Gasteiger partial charge in [-0.3, -0.25) is 9.59 Å². The van der Waals surface area contributed by atoms with Crippen molar-refractivity contribution >= 4 is 11.8 Å². The number of hydrogen-bond acceptors (Lipinski definition) is 4. The Morgan fingerprint density at radius 3 is 2.23 bits per heavy atom. The Kier molecular flexibility index (Phi) is 12.0. The van der Waals surface area contributed by atoms with E-state index < -0.39 is 11.9 Å². The monoisotopic (exact) mass is 548 g/mol. The maximum absolute atomic E-state index is 14.8. The fraction of sp³-hybridized carbons (Fsp3) is 0.394. The fourth-order valence-corrected chi connectivity index (χ4v) is 4.45. The highest BCUT2D eigenvalue weighted by atomic mass is 19.1. The van der Waals surface area contributed by atoms with Crippen LogP contribution in [0.2, 0.25) is 0 Å². The molecule has 0 spiro atoms. The van der Waals surface area contributed by atoms with Crippen LogP contribution in [0.1, 0.15) is 57.2 Å². The molecule has 0 bridgehead atoms. The molecule has 0 aromatic heterocycles. The van der Waals surface area contributed by atoms with Crippen LogP contribution in [0.3, 0.4) is 0 Å². The van der Waals surface area contributed by atoms with Crippen LogP contribution < -0.4 is 14.8 Å². The molecule has 0 fully saturated rings. The number of nitrogens with one attached hydrogen (secondary N) is 1. The lowest BCUT2D eigenvalue weighted by Crippen LogP contribution is -2.52. The molecule has 7 heteroatoms. The van der Waals surface area contributed by atoms with Crippen molar-refractivity contribution in [3.8, 4) is 11.5 Å². The van der Waals surface area contributed by atoms with Crippen LogP contribution in [0.4, 0.5) is 4.39 Å². The van der Waals surface area contributed by atoms with Crippen LogP contribution in [0.25, 0.3) is 0 Å². The Morgan fingerprint density at radius 1 is 0.875 bits per heavy atom. The maximum atomic E-state index is 14.8. The molecule has 6 nitrogen and oxygen atoms in total. The lowest BCUT2D eigenvalue weighted by molar-refractivity contribution is -0.141. The first-order valence-corrected chi connectivity index (χ1v) is 14.1. The summed E-state index contributed by atoms with van der Waals surface area (Å²) >= 11 is 0. The number of halogens is 1. The predicted octanol–water partition coefficient (Wildman–Crippen LogP) is 6.11. The van der Waals surface area contributed by atoms with Crippen LogP contribution in [-0.2, 0) is 29.0 Å². The summed E-state index contributed by atoms with van der Waals surface area (Å²) < 4.78 is 26.2. The van der Waals surface area contributed by atoms with E-state index >= 15 is 0 Å². The van der Waals surface area contributed by atoms with E-state index in [9.17, 15) is 14.0 Å². The summed E-state index contributed by atoms with van der Waals surface area (Å²) in [4.78, 5) is 29.0. The van der Waals surface area contributed by atoms with Crippen LogP contribution in [0.5, 0.6) is 11.5 Å². The molecule has 1 N–H and O–H groups in total. The van der Waals surface area contributed by atoms with Gasteiger partial charge in [0, 0.05) is 31.0 Å². The highest BCUT2D eigenvalue weighted by Gasteiger charge is 2.31. The van der Waals surface area contributed by atoms with E-state index in [-0.39, 0.29) is 30.8 Å². The summed E-state index contributed by atoms with van der Waals surface area (Å²) in [5, 5.41) is 3.04. The Hall–Kier alpha value is -3.87. The Bertz CT molecular complexity index is 1230. The molecule has 0 aliphatic rings. The van der Waals surface area contributed by atoms with Crippen molar-refractivity contribution < 1.29 is 23.5 Å². The normalized spacial score (nSPS) is 12.3. The van der Waals surface area contributed by atoms with Crippen LogP contribution >= 0.6 is 0 Å². The zero-order valence-corrected chi connectivity index (χ0v) is 24.0. The number of carbonyl (C=O) groups is 2. The minimum absolute atomic E-state index is 0.00952. The van der Waals surface area contributed by atoms with E-state index in [1.54, 1.807) is 18.2 Å². The van der Waals surface area contributed by atoms with Crippen LogP contribution in [0, 0.1) is 5.82 Å². The van der Waals surface area contributed by atoms with Gasteiger partial charge >= 0.3 is 0 Å². The lowest BCUT2D eigenvalue weighted by Gasteiger charge is -2.32. The molecule has 3 aromatic carbocycles. The van der Waals surface area contributed by atoms with Crippen molar-refractivity contribution in [2.24, 2.45) is 0 Å². The fourth-order valence-electron chi connectivity index (χ4n) is 4.45. The third-order valence-electron chi connectivity index (χ3n) is 6.81. The molecule has 0 saturated carbocycles. The first kappa shape index (κ1) is 30.7. The molecule has 2 atom stereocenters. The van der Waals surface area contributed by atoms with Crippen LogP contribution in [0.15, 0.2) is 72.8 Å². The average molecular weight is 549 g/mol. The summed E-state index contributed by atoms with van der Waals surface area (Å²) in [7, 11) is 0. The standard InChI is InChI=1S/C33H41FN2O4/c1-5-24(4)35-33(38)29(21-25-13-9-8-10-14-25)36(23-27-15-11-12-16-28(27)34)32(37)20-18-26-17-19-30(39-6-2)31(22-26)40-7-3/h8-17,19,22,24,29H,5-7,18,20-21,23H2,1-4H3,(H,35,38)/t24-,29-/m1/s1. The third-order valence-corrected chi connectivity index (χ3v) is 6.81. The first-order valence-electron chi connectivity index (χ1n) is 14.1. The number of ether oxygens (including phenoxy) is 2. The van der Waals surface area contributed by atoms with Crippen LogP contribution in [-0.4, -0.2) is 42.0 Å². The summed E-state index contributed by atoms with van der Waals surface area (Å²) in [5.74, 6) is 0.407. The second-order valence-electron chi connectivity index (χ2n) is 9.78. The van der Waals surface area contributed by atoms with Gasteiger partial charge in [0.15, 0.2) is 11.5 Å². The average Bonchev–Trinajstić information content (AvgIpc) is 2.96. The number of aryl methyl sites for hydroxylation is 1. The number of rotatable bonds is 15. The van der Waals surface area contributed by atoms with Gasteiger partial charge in [-0.25, -0.2) is 4.39 Å².